The van der Waals surface area contributed by atoms with E-state index >= 15 is 0 Å². The monoisotopic (exact) mass is 157 g/mol. The molecule has 1 aliphatic heterocycles. The zero-order valence-electron chi connectivity index (χ0n) is 6.90. The molecule has 0 aromatic heterocycles. The van der Waals surface area contributed by atoms with Crippen molar-refractivity contribution >= 4 is 6.21 Å². The van der Waals surface area contributed by atoms with Crippen LogP contribution in [0, 0.1) is 6.54 Å². The second-order valence-corrected chi connectivity index (χ2v) is 3.02. The van der Waals surface area contributed by atoms with Crippen LogP contribution in [-0.2, 0) is 0 Å². The molecule has 12 heavy (non-hydrogen) atoms. The van der Waals surface area contributed by atoms with Crippen LogP contribution in [0.2, 0.25) is 0 Å². The average molecular weight is 157 g/mol. The van der Waals surface area contributed by atoms with Crippen LogP contribution in [0.3, 0.4) is 0 Å². The fourth-order valence-electron chi connectivity index (χ4n) is 1.47. The Bertz CT molecular complexity index is 264. The molecule has 2 rings (SSSR count). The first kappa shape index (κ1) is 7.53. The van der Waals surface area contributed by atoms with Crippen LogP contribution >= 0.6 is 0 Å². The molecule has 1 nitrogen and oxygen atoms in total. The molecule has 0 spiro atoms. The molecule has 0 saturated carbocycles. The molecule has 1 aromatic rings. The van der Waals surface area contributed by atoms with Crippen molar-refractivity contribution in [1.29, 1.82) is 0 Å². The summed E-state index contributed by atoms with van der Waals surface area (Å²) >= 11 is 0. The molecule has 0 fully saturated rings. The molecular formula is C11H11N. The minimum atomic E-state index is 0.601. The maximum absolute atomic E-state index is 3.98. The van der Waals surface area contributed by atoms with Crippen LogP contribution in [-0.4, -0.2) is 6.21 Å². The quantitative estimate of drug-likeness (QED) is 0.594. The summed E-state index contributed by atoms with van der Waals surface area (Å²) in [6.45, 7) is 3.00. The number of nitrogens with zero attached hydrogens (tertiary/aromatic N) is 1. The molecule has 0 bridgehead atoms. The summed E-state index contributed by atoms with van der Waals surface area (Å²) in [4.78, 5) is 3.98. The van der Waals surface area contributed by atoms with Crippen molar-refractivity contribution in [3.05, 3.63) is 42.4 Å². The highest BCUT2D eigenvalue weighted by Gasteiger charge is 2.12. The Morgan fingerprint density at radius 3 is 2.75 bits per heavy atom. The van der Waals surface area contributed by atoms with Crippen LogP contribution in [0.15, 0.2) is 35.3 Å². The van der Waals surface area contributed by atoms with Gasteiger partial charge in [-0.1, -0.05) is 30.3 Å². The summed E-state index contributed by atoms with van der Waals surface area (Å²) in [5.74, 6) is 0.601. The third kappa shape index (κ3) is 1.55. The minimum absolute atomic E-state index is 0.601. The maximum Gasteiger partial charge on any atom is 0.116 e. The molecule has 0 N–H and O–H groups in total. The number of benzene rings is 1. The summed E-state index contributed by atoms with van der Waals surface area (Å²) in [7, 11) is 0. The van der Waals surface area contributed by atoms with Gasteiger partial charge in [-0.25, -0.2) is 0 Å². The minimum Gasteiger partial charge on any atom is -0.286 e. The lowest BCUT2D eigenvalue weighted by Gasteiger charge is -2.16. The first-order valence-electron chi connectivity index (χ1n) is 4.26. The van der Waals surface area contributed by atoms with Gasteiger partial charge in [0.1, 0.15) is 6.54 Å². The van der Waals surface area contributed by atoms with Crippen LogP contribution < -0.4 is 0 Å². The summed E-state index contributed by atoms with van der Waals surface area (Å²) < 4.78 is 0. The first-order chi connectivity index (χ1) is 5.97. The third-order valence-corrected chi connectivity index (χ3v) is 2.18. The van der Waals surface area contributed by atoms with Gasteiger partial charge in [0.05, 0.1) is 0 Å². The molecule has 1 unspecified atom stereocenters. The van der Waals surface area contributed by atoms with Gasteiger partial charge in [0.25, 0.3) is 0 Å². The van der Waals surface area contributed by atoms with Crippen LogP contribution in [0.5, 0.6) is 0 Å². The Morgan fingerprint density at radius 1 is 1.25 bits per heavy atom. The average Bonchev–Trinajstić information content (AvgIpc) is 2.21. The van der Waals surface area contributed by atoms with E-state index in [1.54, 1.807) is 0 Å². The normalized spacial score (nSPS) is 22.5. The molecule has 1 aromatic carbocycles. The molecule has 1 heterocycles. The van der Waals surface area contributed by atoms with Crippen LogP contribution in [0.1, 0.15) is 24.3 Å². The molecule has 1 heteroatoms. The van der Waals surface area contributed by atoms with E-state index in [0.29, 0.717) is 5.92 Å². The topological polar surface area (TPSA) is 12.4 Å². The lowest BCUT2D eigenvalue weighted by Crippen LogP contribution is -2.03. The molecule has 0 amide bonds. The highest BCUT2D eigenvalue weighted by molar-refractivity contribution is 5.60. The van der Waals surface area contributed by atoms with Gasteiger partial charge in [0.2, 0.25) is 0 Å². The van der Waals surface area contributed by atoms with Crippen molar-refractivity contribution in [1.82, 2.24) is 0 Å². The number of rotatable bonds is 1. The molecule has 1 atom stereocenters. The van der Waals surface area contributed by atoms with Crippen molar-refractivity contribution in [3.63, 3.8) is 0 Å². The van der Waals surface area contributed by atoms with E-state index in [0.717, 1.165) is 12.8 Å². The van der Waals surface area contributed by atoms with Gasteiger partial charge in [-0.15, -0.1) is 0 Å². The van der Waals surface area contributed by atoms with Gasteiger partial charge < -0.3 is 0 Å². The largest absolute Gasteiger partial charge is 0.286 e. The molecule has 60 valence electrons. The van der Waals surface area contributed by atoms with Crippen molar-refractivity contribution in [3.8, 4) is 0 Å². The Labute approximate surface area is 73.1 Å². The standard InChI is InChI=1S/C11H11N/c1-2-4-10(5-3-1)11-6-8-12-9-7-11/h1-5,8,11H,6-7H2. The molecule has 2 radical (unpaired) electrons. The molecule has 0 aliphatic carbocycles. The SMILES string of the molecule is [C]1CC(c2ccccc2)CC=N1. The van der Waals surface area contributed by atoms with E-state index in [1.165, 1.54) is 5.56 Å². The second-order valence-electron chi connectivity index (χ2n) is 3.02. The van der Waals surface area contributed by atoms with Gasteiger partial charge in [0.15, 0.2) is 0 Å². The van der Waals surface area contributed by atoms with Gasteiger partial charge in [-0.2, -0.15) is 0 Å². The second kappa shape index (κ2) is 3.53. The Kier molecular flexibility index (Phi) is 2.21. The fourth-order valence-corrected chi connectivity index (χ4v) is 1.47. The van der Waals surface area contributed by atoms with E-state index in [4.69, 9.17) is 0 Å². The lowest BCUT2D eigenvalue weighted by atomic mass is 9.92. The van der Waals surface area contributed by atoms with Crippen LogP contribution in [0.25, 0.3) is 0 Å². The summed E-state index contributed by atoms with van der Waals surface area (Å²) in [6.07, 6.45) is 3.96. The van der Waals surface area contributed by atoms with Crippen molar-refractivity contribution in [2.45, 2.75) is 18.8 Å². The van der Waals surface area contributed by atoms with E-state index < -0.39 is 0 Å². The summed E-state index contributed by atoms with van der Waals surface area (Å²) in [5.41, 5.74) is 1.40. The summed E-state index contributed by atoms with van der Waals surface area (Å²) in [6, 6.07) is 10.6. The smallest absolute Gasteiger partial charge is 0.116 e. The fraction of sp³-hybridized carbons (Fsp3) is 0.273. The maximum atomic E-state index is 3.98. The number of hydrogen-bond acceptors (Lipinski definition) is 1. The van der Waals surface area contributed by atoms with Gasteiger partial charge >= 0.3 is 0 Å². The Hall–Kier alpha value is -1.11. The number of hydrogen-bond donors (Lipinski definition) is 0. The predicted molar refractivity (Wildman–Crippen MR) is 50.2 cm³/mol. The van der Waals surface area contributed by atoms with Crippen molar-refractivity contribution in [2.24, 2.45) is 4.99 Å². The highest BCUT2D eigenvalue weighted by Crippen LogP contribution is 2.25. The lowest BCUT2D eigenvalue weighted by molar-refractivity contribution is 0.684. The summed E-state index contributed by atoms with van der Waals surface area (Å²) in [5, 5.41) is 0. The van der Waals surface area contributed by atoms with Crippen LogP contribution in [0.4, 0.5) is 0 Å². The van der Waals surface area contributed by atoms with Gasteiger partial charge in [-0.3, -0.25) is 4.99 Å². The zero-order chi connectivity index (χ0) is 8.23. The third-order valence-electron chi connectivity index (χ3n) is 2.18. The first-order valence-corrected chi connectivity index (χ1v) is 4.26. The van der Waals surface area contributed by atoms with E-state index in [-0.39, 0.29) is 0 Å². The molecule has 0 saturated heterocycles. The highest BCUT2D eigenvalue weighted by atomic mass is 14.7. The molecular weight excluding hydrogens is 146 g/mol. The van der Waals surface area contributed by atoms with Crippen molar-refractivity contribution < 1.29 is 0 Å². The Morgan fingerprint density at radius 2 is 2.08 bits per heavy atom. The van der Waals surface area contributed by atoms with Gasteiger partial charge in [0, 0.05) is 6.21 Å². The van der Waals surface area contributed by atoms with E-state index in [1.807, 2.05) is 12.3 Å². The van der Waals surface area contributed by atoms with Crippen molar-refractivity contribution in [2.75, 3.05) is 0 Å². The van der Waals surface area contributed by atoms with E-state index in [2.05, 4.69) is 35.8 Å². The Balaban J connectivity index is 2.15. The zero-order valence-corrected chi connectivity index (χ0v) is 6.90. The van der Waals surface area contributed by atoms with E-state index in [9.17, 15) is 0 Å². The molecule has 1 aliphatic rings. The van der Waals surface area contributed by atoms with Gasteiger partial charge in [-0.05, 0) is 24.3 Å². The predicted octanol–water partition coefficient (Wildman–Crippen LogP) is 2.67. The number of aliphatic imine (C=N–C) groups is 1.